The summed E-state index contributed by atoms with van der Waals surface area (Å²) < 4.78 is 13.2. The van der Waals surface area contributed by atoms with Gasteiger partial charge >= 0.3 is 0 Å². The van der Waals surface area contributed by atoms with Crippen LogP contribution < -0.4 is 16.4 Å². The van der Waals surface area contributed by atoms with Crippen LogP contribution in [0.15, 0.2) is 48.5 Å². The first-order valence-corrected chi connectivity index (χ1v) is 8.64. The van der Waals surface area contributed by atoms with Gasteiger partial charge in [-0.3, -0.25) is 9.59 Å². The molecule has 0 radical (unpaired) electrons. The molecular weight excluding hydrogens is 369 g/mol. The molecule has 4 N–H and O–H groups in total. The van der Waals surface area contributed by atoms with Crippen LogP contribution in [0, 0.1) is 11.7 Å². The zero-order valence-corrected chi connectivity index (χ0v) is 16.0. The Morgan fingerprint density at radius 3 is 2.59 bits per heavy atom. The van der Waals surface area contributed by atoms with Gasteiger partial charge in [0, 0.05) is 19.0 Å². The van der Waals surface area contributed by atoms with Crippen molar-refractivity contribution in [3.63, 3.8) is 0 Å². The van der Waals surface area contributed by atoms with E-state index in [1.807, 2.05) is 13.0 Å². The number of halogens is 2. The minimum absolute atomic E-state index is 0. The maximum absolute atomic E-state index is 13.2. The normalized spacial score (nSPS) is 11.2. The Balaban J connectivity index is 0.00000364. The Labute approximate surface area is 164 Å². The van der Waals surface area contributed by atoms with Crippen molar-refractivity contribution in [3.8, 4) is 0 Å². The number of benzene rings is 2. The lowest BCUT2D eigenvalue weighted by Gasteiger charge is -2.15. The maximum atomic E-state index is 13.2. The number of rotatable bonds is 8. The molecule has 2 aromatic rings. The van der Waals surface area contributed by atoms with Crippen molar-refractivity contribution in [2.24, 2.45) is 11.7 Å². The molecule has 7 heteroatoms. The minimum atomic E-state index is -0.281. The Bertz CT molecular complexity index is 770. The van der Waals surface area contributed by atoms with E-state index in [0.717, 1.165) is 5.56 Å². The zero-order chi connectivity index (χ0) is 18.9. The number of hydrogen-bond acceptors (Lipinski definition) is 3. The summed E-state index contributed by atoms with van der Waals surface area (Å²) in [6.07, 6.45) is 1.18. The zero-order valence-electron chi connectivity index (χ0n) is 15.2. The molecule has 0 aliphatic carbocycles. The predicted molar refractivity (Wildman–Crippen MR) is 108 cm³/mol. The Kier molecular flexibility index (Phi) is 9.47. The standard InChI is InChI=1S/C20H24FN3O2.ClH/c1-14(9-10-15-5-4-6-16(21)13-15)19(25)24-18-8-3-2-7-17(18)20(26)23-12-11-22;/h2-8,13-14H,9-12,22H2,1H3,(H,23,26)(H,24,25);1H. The average molecular weight is 394 g/mol. The van der Waals surface area contributed by atoms with Crippen molar-refractivity contribution in [3.05, 3.63) is 65.5 Å². The molecule has 5 nitrogen and oxygen atoms in total. The van der Waals surface area contributed by atoms with Gasteiger partial charge in [0.15, 0.2) is 0 Å². The SMILES string of the molecule is CC(CCc1cccc(F)c1)C(=O)Nc1ccccc1C(=O)NCCN.Cl. The first kappa shape index (κ1) is 22.6. The number of anilines is 1. The van der Waals surface area contributed by atoms with Gasteiger partial charge in [0.1, 0.15) is 5.82 Å². The summed E-state index contributed by atoms with van der Waals surface area (Å²) in [5, 5.41) is 5.50. The van der Waals surface area contributed by atoms with Crippen LogP contribution >= 0.6 is 12.4 Å². The number of carbonyl (C=O) groups is 2. The van der Waals surface area contributed by atoms with E-state index in [9.17, 15) is 14.0 Å². The van der Waals surface area contributed by atoms with Crippen molar-refractivity contribution in [1.29, 1.82) is 0 Å². The van der Waals surface area contributed by atoms with Crippen LogP contribution in [-0.4, -0.2) is 24.9 Å². The summed E-state index contributed by atoms with van der Waals surface area (Å²) in [4.78, 5) is 24.6. The molecule has 0 heterocycles. The molecule has 146 valence electrons. The van der Waals surface area contributed by atoms with Crippen LogP contribution in [0.5, 0.6) is 0 Å². The monoisotopic (exact) mass is 393 g/mol. The van der Waals surface area contributed by atoms with Crippen LogP contribution in [0.2, 0.25) is 0 Å². The highest BCUT2D eigenvalue weighted by atomic mass is 35.5. The molecule has 0 aliphatic heterocycles. The van der Waals surface area contributed by atoms with E-state index >= 15 is 0 Å². The Morgan fingerprint density at radius 2 is 1.89 bits per heavy atom. The van der Waals surface area contributed by atoms with Crippen LogP contribution in [0.4, 0.5) is 10.1 Å². The number of hydrogen-bond donors (Lipinski definition) is 3. The molecule has 2 aromatic carbocycles. The summed E-state index contributed by atoms with van der Waals surface area (Å²) in [5.74, 6) is -1.02. The second-order valence-corrected chi connectivity index (χ2v) is 6.15. The van der Waals surface area contributed by atoms with Crippen molar-refractivity contribution in [2.45, 2.75) is 19.8 Å². The third-order valence-corrected chi connectivity index (χ3v) is 4.06. The van der Waals surface area contributed by atoms with Gasteiger partial charge < -0.3 is 16.4 Å². The van der Waals surface area contributed by atoms with Gasteiger partial charge in [-0.15, -0.1) is 12.4 Å². The fraction of sp³-hybridized carbons (Fsp3) is 0.300. The second kappa shape index (κ2) is 11.3. The second-order valence-electron chi connectivity index (χ2n) is 6.15. The van der Waals surface area contributed by atoms with Crippen molar-refractivity contribution < 1.29 is 14.0 Å². The van der Waals surface area contributed by atoms with E-state index in [1.54, 1.807) is 30.3 Å². The molecule has 0 aromatic heterocycles. The quantitative estimate of drug-likeness (QED) is 0.644. The molecule has 0 aliphatic rings. The minimum Gasteiger partial charge on any atom is -0.351 e. The van der Waals surface area contributed by atoms with E-state index < -0.39 is 0 Å². The van der Waals surface area contributed by atoms with Gasteiger partial charge in [0.05, 0.1) is 11.3 Å². The van der Waals surface area contributed by atoms with E-state index in [-0.39, 0.29) is 36.0 Å². The Morgan fingerprint density at radius 1 is 1.15 bits per heavy atom. The molecule has 1 atom stereocenters. The van der Waals surface area contributed by atoms with Crippen LogP contribution in [0.1, 0.15) is 29.3 Å². The van der Waals surface area contributed by atoms with Crippen LogP contribution in [0.25, 0.3) is 0 Å². The average Bonchev–Trinajstić information content (AvgIpc) is 2.64. The highest BCUT2D eigenvalue weighted by Gasteiger charge is 2.17. The molecule has 0 saturated heterocycles. The summed E-state index contributed by atoms with van der Waals surface area (Å²) in [7, 11) is 0. The van der Waals surface area contributed by atoms with Crippen LogP contribution in [0.3, 0.4) is 0 Å². The van der Waals surface area contributed by atoms with E-state index in [0.29, 0.717) is 37.2 Å². The lowest BCUT2D eigenvalue weighted by Crippen LogP contribution is -2.30. The number of aryl methyl sites for hydroxylation is 1. The number of nitrogens with two attached hydrogens (primary N) is 1. The third-order valence-electron chi connectivity index (χ3n) is 4.06. The predicted octanol–water partition coefficient (Wildman–Crippen LogP) is 3.14. The van der Waals surface area contributed by atoms with E-state index in [2.05, 4.69) is 10.6 Å². The fourth-order valence-electron chi connectivity index (χ4n) is 2.53. The summed E-state index contributed by atoms with van der Waals surface area (Å²) >= 11 is 0. The van der Waals surface area contributed by atoms with Crippen molar-refractivity contribution in [2.75, 3.05) is 18.4 Å². The Hall–Kier alpha value is -2.44. The molecule has 0 bridgehead atoms. The summed E-state index contributed by atoms with van der Waals surface area (Å²) in [6, 6.07) is 13.2. The van der Waals surface area contributed by atoms with Crippen LogP contribution in [-0.2, 0) is 11.2 Å². The molecule has 1 unspecified atom stereocenters. The lowest BCUT2D eigenvalue weighted by molar-refractivity contribution is -0.119. The first-order valence-electron chi connectivity index (χ1n) is 8.64. The van der Waals surface area contributed by atoms with Gasteiger partial charge in [-0.05, 0) is 42.7 Å². The number of para-hydroxylation sites is 1. The van der Waals surface area contributed by atoms with E-state index in [1.165, 1.54) is 12.1 Å². The topological polar surface area (TPSA) is 84.2 Å². The molecule has 0 fully saturated rings. The maximum Gasteiger partial charge on any atom is 0.253 e. The van der Waals surface area contributed by atoms with Crippen molar-refractivity contribution >= 4 is 29.9 Å². The van der Waals surface area contributed by atoms with Gasteiger partial charge in [-0.25, -0.2) is 4.39 Å². The highest BCUT2D eigenvalue weighted by Crippen LogP contribution is 2.18. The van der Waals surface area contributed by atoms with Gasteiger partial charge in [-0.2, -0.15) is 0 Å². The fourth-order valence-corrected chi connectivity index (χ4v) is 2.53. The van der Waals surface area contributed by atoms with Gasteiger partial charge in [0.2, 0.25) is 5.91 Å². The summed E-state index contributed by atoms with van der Waals surface area (Å²) in [5.41, 5.74) is 7.11. The summed E-state index contributed by atoms with van der Waals surface area (Å²) in [6.45, 7) is 2.52. The van der Waals surface area contributed by atoms with E-state index in [4.69, 9.17) is 5.73 Å². The highest BCUT2D eigenvalue weighted by molar-refractivity contribution is 6.04. The van der Waals surface area contributed by atoms with Crippen molar-refractivity contribution in [1.82, 2.24) is 5.32 Å². The smallest absolute Gasteiger partial charge is 0.253 e. The molecular formula is C20H25ClFN3O2. The molecule has 2 rings (SSSR count). The molecule has 27 heavy (non-hydrogen) atoms. The van der Waals surface area contributed by atoms with Gasteiger partial charge in [-0.1, -0.05) is 31.2 Å². The molecule has 0 saturated carbocycles. The van der Waals surface area contributed by atoms with Gasteiger partial charge in [0.25, 0.3) is 5.91 Å². The first-order chi connectivity index (χ1) is 12.5. The number of amides is 2. The number of nitrogens with one attached hydrogen (secondary N) is 2. The molecule has 2 amide bonds. The third kappa shape index (κ3) is 7.00. The lowest BCUT2D eigenvalue weighted by atomic mass is 10.00. The number of carbonyl (C=O) groups excluding carboxylic acids is 2. The molecule has 0 spiro atoms. The largest absolute Gasteiger partial charge is 0.351 e.